The first kappa shape index (κ1) is 4.59. The average Bonchev–Trinajstić information content (AvgIpc) is 1.41. The zero-order chi connectivity index (χ0) is 4.12. The first-order valence-electron chi connectivity index (χ1n) is 1.10. The largest absolute Gasteiger partial charge is 0.723 e. The molecule has 0 atom stereocenters. The molecule has 0 aromatic heterocycles. The summed E-state index contributed by atoms with van der Waals surface area (Å²) in [6.07, 6.45) is 0.396. The molecule has 30 valence electrons. The van der Waals surface area contributed by atoms with Gasteiger partial charge in [-0.15, -0.1) is 0 Å². The van der Waals surface area contributed by atoms with Crippen LogP contribution in [0.1, 0.15) is 0 Å². The minimum absolute atomic E-state index is 0.347. The van der Waals surface area contributed by atoms with Crippen LogP contribution in [0, 0.1) is 0 Å². The van der Waals surface area contributed by atoms with Gasteiger partial charge in [0.1, 0.15) is 6.29 Å². The van der Waals surface area contributed by atoms with E-state index in [1.54, 1.807) is 0 Å². The van der Waals surface area contributed by atoms with Gasteiger partial charge >= 0.3 is 0 Å². The van der Waals surface area contributed by atoms with Crippen molar-refractivity contribution in [3.05, 3.63) is 0 Å². The van der Waals surface area contributed by atoms with Crippen LogP contribution in [0.3, 0.4) is 0 Å². The number of carbonyl (C=O) groups is 1. The van der Waals surface area contributed by atoms with Gasteiger partial charge in [0.25, 0.3) is 0 Å². The minimum Gasteiger partial charge on any atom is -0.723 e. The van der Waals surface area contributed by atoms with E-state index in [1.165, 1.54) is 0 Å². The van der Waals surface area contributed by atoms with Crippen LogP contribution in [0.2, 0.25) is 0 Å². The van der Waals surface area contributed by atoms with E-state index in [4.69, 9.17) is 10.1 Å². The molecule has 0 rings (SSSR count). The van der Waals surface area contributed by atoms with Gasteiger partial charge in [-0.2, -0.15) is 0 Å². The van der Waals surface area contributed by atoms with Gasteiger partial charge in [0.2, 0.25) is 0 Å². The van der Waals surface area contributed by atoms with Crippen molar-refractivity contribution in [3.63, 3.8) is 0 Å². The van der Waals surface area contributed by atoms with Gasteiger partial charge in [-0.25, -0.2) is 0 Å². The van der Waals surface area contributed by atoms with Gasteiger partial charge in [-0.3, -0.25) is 0 Å². The molecule has 0 aromatic carbocycles. The Labute approximate surface area is 29.1 Å². The van der Waals surface area contributed by atoms with Crippen molar-refractivity contribution in [1.82, 2.24) is 0 Å². The summed E-state index contributed by atoms with van der Waals surface area (Å²) in [6, 6.07) is 0. The van der Waals surface area contributed by atoms with Crippen molar-refractivity contribution in [1.29, 1.82) is 0 Å². The van der Waals surface area contributed by atoms with Crippen LogP contribution in [0.15, 0.2) is 0 Å². The molecule has 0 saturated heterocycles. The van der Waals surface area contributed by atoms with Gasteiger partial charge < -0.3 is 14.9 Å². The minimum atomic E-state index is -0.347. The smallest absolute Gasteiger partial charge is 0.144 e. The van der Waals surface area contributed by atoms with Crippen molar-refractivity contribution in [2.75, 3.05) is 6.61 Å². The molecule has 0 aliphatic heterocycles. The summed E-state index contributed by atoms with van der Waals surface area (Å²) in [6.45, 7) is -0.347. The van der Waals surface area contributed by atoms with Crippen LogP contribution < -0.4 is 5.26 Å². The second-order valence-electron chi connectivity index (χ2n) is 0.451. The van der Waals surface area contributed by atoms with Crippen LogP contribution in [0.5, 0.6) is 0 Å². The van der Waals surface area contributed by atoms with E-state index >= 15 is 0 Å². The molecule has 0 fully saturated rings. The molecule has 5 heavy (non-hydrogen) atoms. The van der Waals surface area contributed by atoms with Gasteiger partial charge in [-0.05, 0) is 0 Å². The van der Waals surface area contributed by atoms with Gasteiger partial charge in [0, 0.05) is 0 Å². The summed E-state index contributed by atoms with van der Waals surface area (Å²) in [5, 5.41) is 8.80. The van der Waals surface area contributed by atoms with Crippen LogP contribution in [0.25, 0.3) is 0 Å². The van der Waals surface area contributed by atoms with E-state index in [2.05, 4.69) is 4.89 Å². The molecule has 0 aliphatic rings. The Hall–Kier alpha value is -0.410. The fourth-order valence-electron chi connectivity index (χ4n) is 0.0278. The fourth-order valence-corrected chi connectivity index (χ4v) is 0.0278. The summed E-state index contributed by atoms with van der Waals surface area (Å²) in [7, 11) is 0. The lowest BCUT2D eigenvalue weighted by Gasteiger charge is -1.94. The number of carbonyl (C=O) groups excluding carboxylic acids is 1. The molecular weight excluding hydrogens is 72.0 g/mol. The van der Waals surface area contributed by atoms with Gasteiger partial charge in [-0.1, -0.05) is 0 Å². The lowest BCUT2D eigenvalue weighted by molar-refractivity contribution is -0.684. The van der Waals surface area contributed by atoms with Crippen molar-refractivity contribution in [3.8, 4) is 0 Å². The monoisotopic (exact) mass is 75.0 g/mol. The lowest BCUT2D eigenvalue weighted by atomic mass is 10.9. The molecule has 0 radical (unpaired) electrons. The molecule has 0 amide bonds. The molecule has 0 saturated carbocycles. The maximum Gasteiger partial charge on any atom is 0.144 e. The van der Waals surface area contributed by atoms with Crippen molar-refractivity contribution < 1.29 is 14.9 Å². The first-order valence-corrected chi connectivity index (χ1v) is 1.10. The number of rotatable bonds is 2. The maximum atomic E-state index is 9.08. The molecule has 0 unspecified atom stereocenters. The highest BCUT2D eigenvalue weighted by atomic mass is 17.1. The van der Waals surface area contributed by atoms with E-state index in [1.807, 2.05) is 0 Å². The number of hydrogen-bond donors (Lipinski definition) is 0. The third-order valence-corrected chi connectivity index (χ3v) is 0.136. The highest BCUT2D eigenvalue weighted by Crippen LogP contribution is 1.42. The third-order valence-electron chi connectivity index (χ3n) is 0.136. The maximum absolute atomic E-state index is 9.08. The van der Waals surface area contributed by atoms with E-state index in [0.29, 0.717) is 6.29 Å². The summed E-state index contributed by atoms with van der Waals surface area (Å²) in [5.41, 5.74) is 0. The second-order valence-corrected chi connectivity index (χ2v) is 0.451. The molecule has 0 heterocycles. The molecule has 0 spiro atoms. The normalized spacial score (nSPS) is 7.40. The Kier molecular flexibility index (Phi) is 3.30. The third kappa shape index (κ3) is 3.59. The SMILES string of the molecule is O=CCO[O-]. The highest BCUT2D eigenvalue weighted by Gasteiger charge is 1.58. The van der Waals surface area contributed by atoms with E-state index in [-0.39, 0.29) is 6.61 Å². The Morgan fingerprint density at radius 3 is 2.60 bits per heavy atom. The van der Waals surface area contributed by atoms with E-state index < -0.39 is 0 Å². The summed E-state index contributed by atoms with van der Waals surface area (Å²) < 4.78 is 0. The molecule has 0 aromatic rings. The average molecular weight is 75.0 g/mol. The van der Waals surface area contributed by atoms with E-state index in [0.717, 1.165) is 0 Å². The van der Waals surface area contributed by atoms with Crippen molar-refractivity contribution in [2.24, 2.45) is 0 Å². The molecular formula is C2H3O3-. The Morgan fingerprint density at radius 1 is 2.00 bits per heavy atom. The Balaban J connectivity index is 2.40. The van der Waals surface area contributed by atoms with Crippen LogP contribution >= 0.6 is 0 Å². The standard InChI is InChI=1S/C2H4O3/c3-1-2-5-4/h1,4H,2H2/p-1. The summed E-state index contributed by atoms with van der Waals surface area (Å²) in [5.74, 6) is 0. The Morgan fingerprint density at radius 2 is 2.60 bits per heavy atom. The predicted octanol–water partition coefficient (Wildman–Crippen LogP) is -1.52. The Bertz CT molecular complexity index is 26.1. The number of hydrogen-bond acceptors (Lipinski definition) is 3. The molecule has 0 N–H and O–H groups in total. The quantitative estimate of drug-likeness (QED) is 0.227. The van der Waals surface area contributed by atoms with Crippen LogP contribution in [-0.4, -0.2) is 12.9 Å². The molecule has 3 nitrogen and oxygen atoms in total. The van der Waals surface area contributed by atoms with Crippen LogP contribution in [-0.2, 0) is 9.68 Å². The van der Waals surface area contributed by atoms with Crippen molar-refractivity contribution in [2.45, 2.75) is 0 Å². The first-order chi connectivity index (χ1) is 2.41. The molecule has 0 aliphatic carbocycles. The summed E-state index contributed by atoms with van der Waals surface area (Å²) in [4.78, 5) is 12.2. The van der Waals surface area contributed by atoms with Crippen molar-refractivity contribution >= 4 is 6.29 Å². The van der Waals surface area contributed by atoms with Crippen LogP contribution in [0.4, 0.5) is 0 Å². The zero-order valence-corrected chi connectivity index (χ0v) is 2.51. The second kappa shape index (κ2) is 3.59. The zero-order valence-electron chi connectivity index (χ0n) is 2.51. The van der Waals surface area contributed by atoms with E-state index in [9.17, 15) is 0 Å². The lowest BCUT2D eigenvalue weighted by Crippen LogP contribution is -2.06. The fraction of sp³-hybridized carbons (Fsp3) is 0.500. The molecule has 0 bridgehead atoms. The highest BCUT2D eigenvalue weighted by molar-refractivity contribution is 5.50. The van der Waals surface area contributed by atoms with Gasteiger partial charge in [0.15, 0.2) is 0 Å². The topological polar surface area (TPSA) is 49.4 Å². The molecule has 3 heteroatoms. The summed E-state index contributed by atoms with van der Waals surface area (Å²) >= 11 is 0. The predicted molar refractivity (Wildman–Crippen MR) is 12.0 cm³/mol. The number of aldehydes is 1. The van der Waals surface area contributed by atoms with Gasteiger partial charge in [0.05, 0.1) is 6.61 Å².